The second kappa shape index (κ2) is 9.68. The third kappa shape index (κ3) is 5.08. The van der Waals surface area contributed by atoms with Gasteiger partial charge in [0.1, 0.15) is 18.0 Å². The number of nitrogen functional groups attached to an aromatic ring is 1. The summed E-state index contributed by atoms with van der Waals surface area (Å²) in [6, 6.07) is 20.0. The topological polar surface area (TPSA) is 93.8 Å². The molecule has 2 saturated heterocycles. The highest BCUT2D eigenvalue weighted by molar-refractivity contribution is 5.75. The molecule has 188 valence electrons. The fourth-order valence-corrected chi connectivity index (χ4v) is 5.03. The average Bonchev–Trinajstić information content (AvgIpc) is 3.13. The summed E-state index contributed by atoms with van der Waals surface area (Å²) in [6.45, 7) is 7.51. The maximum Gasteiger partial charge on any atom is 0.410 e. The van der Waals surface area contributed by atoms with E-state index in [-0.39, 0.29) is 18.2 Å². The lowest BCUT2D eigenvalue weighted by atomic mass is 10.1. The Morgan fingerprint density at radius 3 is 2.36 bits per heavy atom. The number of para-hydroxylation sites is 1. The smallest absolute Gasteiger partial charge is 0.410 e. The first-order chi connectivity index (χ1) is 17.3. The van der Waals surface area contributed by atoms with Gasteiger partial charge in [-0.15, -0.1) is 10.2 Å². The Kier molecular flexibility index (Phi) is 6.43. The number of benzene rings is 2. The van der Waals surface area contributed by atoms with Gasteiger partial charge in [0.15, 0.2) is 5.82 Å². The van der Waals surface area contributed by atoms with Crippen LogP contribution in [0.5, 0.6) is 5.75 Å². The summed E-state index contributed by atoms with van der Waals surface area (Å²) in [4.78, 5) is 17.0. The highest BCUT2D eigenvalue weighted by atomic mass is 16.6. The largest absolute Gasteiger partial charge is 0.488 e. The maximum absolute atomic E-state index is 12.8. The number of carbonyl (C=O) groups excluding carboxylic acids is 1. The molecule has 0 spiro atoms. The highest BCUT2D eigenvalue weighted by Crippen LogP contribution is 2.37. The molecule has 2 bridgehead atoms. The molecule has 36 heavy (non-hydrogen) atoms. The first-order valence-corrected chi connectivity index (χ1v) is 12.4. The van der Waals surface area contributed by atoms with Crippen molar-refractivity contribution in [2.75, 3.05) is 23.7 Å². The van der Waals surface area contributed by atoms with Crippen LogP contribution in [0.3, 0.4) is 0 Å². The van der Waals surface area contributed by atoms with Crippen molar-refractivity contribution in [3.05, 3.63) is 66.2 Å². The van der Waals surface area contributed by atoms with E-state index in [9.17, 15) is 4.79 Å². The molecule has 2 aliphatic heterocycles. The molecule has 2 N–H and O–H groups in total. The molecule has 8 nitrogen and oxygen atoms in total. The first kappa shape index (κ1) is 23.9. The van der Waals surface area contributed by atoms with Gasteiger partial charge in [-0.2, -0.15) is 0 Å². The van der Waals surface area contributed by atoms with Gasteiger partial charge in [-0.1, -0.05) is 42.5 Å². The predicted octanol–water partition coefficient (Wildman–Crippen LogP) is 4.89. The minimum Gasteiger partial charge on any atom is -0.488 e. The van der Waals surface area contributed by atoms with E-state index in [0.717, 1.165) is 35.4 Å². The Balaban J connectivity index is 1.36. The zero-order chi connectivity index (χ0) is 25.3. The number of fused-ring (bicyclic) bond motifs is 2. The molecular weight excluding hydrogens is 454 g/mol. The Morgan fingerprint density at radius 2 is 1.67 bits per heavy atom. The molecule has 2 unspecified atom stereocenters. The average molecular weight is 488 g/mol. The molecule has 1 amide bonds. The SMILES string of the molecule is CC(C)(C)OC(=O)N1C2CCC1CN(c1cc(-c3ccccc3OCc3ccccc3)nnc1N)C2. The van der Waals surface area contributed by atoms with Crippen LogP contribution >= 0.6 is 0 Å². The summed E-state index contributed by atoms with van der Waals surface area (Å²) in [5.41, 5.74) is 9.27. The number of piperazine rings is 1. The third-order valence-electron chi connectivity index (χ3n) is 6.63. The number of amides is 1. The number of nitrogens with zero attached hydrogens (tertiary/aromatic N) is 4. The molecule has 2 fully saturated rings. The van der Waals surface area contributed by atoms with Crippen molar-refractivity contribution in [3.63, 3.8) is 0 Å². The Labute approximate surface area is 212 Å². The minimum absolute atomic E-state index is 0.0797. The van der Waals surface area contributed by atoms with Crippen LogP contribution in [0.2, 0.25) is 0 Å². The lowest BCUT2D eigenvalue weighted by Gasteiger charge is -2.42. The lowest BCUT2D eigenvalue weighted by molar-refractivity contribution is 0.0123. The van der Waals surface area contributed by atoms with Crippen molar-refractivity contribution in [1.82, 2.24) is 15.1 Å². The number of hydrogen-bond donors (Lipinski definition) is 1. The fraction of sp³-hybridized carbons (Fsp3) is 0.393. The Hall–Kier alpha value is -3.81. The molecule has 0 aliphatic carbocycles. The van der Waals surface area contributed by atoms with E-state index in [0.29, 0.717) is 31.2 Å². The van der Waals surface area contributed by atoms with Gasteiger partial charge >= 0.3 is 6.09 Å². The first-order valence-electron chi connectivity index (χ1n) is 12.4. The summed E-state index contributed by atoms with van der Waals surface area (Å²) < 4.78 is 11.8. The van der Waals surface area contributed by atoms with Gasteiger partial charge in [0.2, 0.25) is 0 Å². The number of carbonyl (C=O) groups is 1. The van der Waals surface area contributed by atoms with Gasteiger partial charge in [-0.05, 0) is 57.4 Å². The highest BCUT2D eigenvalue weighted by Gasteiger charge is 2.44. The van der Waals surface area contributed by atoms with Crippen molar-refractivity contribution < 1.29 is 14.3 Å². The second-order valence-electron chi connectivity index (χ2n) is 10.4. The molecular formula is C28H33N5O3. The number of rotatable bonds is 5. The van der Waals surface area contributed by atoms with Gasteiger partial charge in [-0.3, -0.25) is 4.90 Å². The molecule has 2 aromatic carbocycles. The molecule has 3 aromatic rings. The van der Waals surface area contributed by atoms with Crippen LogP contribution in [0.25, 0.3) is 11.3 Å². The van der Waals surface area contributed by atoms with E-state index in [4.69, 9.17) is 15.2 Å². The zero-order valence-electron chi connectivity index (χ0n) is 21.1. The normalized spacial score (nSPS) is 19.3. The van der Waals surface area contributed by atoms with Crippen molar-refractivity contribution in [1.29, 1.82) is 0 Å². The number of ether oxygens (including phenoxy) is 2. The van der Waals surface area contributed by atoms with Gasteiger partial charge in [0.25, 0.3) is 0 Å². The molecule has 0 saturated carbocycles. The predicted molar refractivity (Wildman–Crippen MR) is 140 cm³/mol. The molecule has 0 radical (unpaired) electrons. The van der Waals surface area contributed by atoms with E-state index < -0.39 is 5.60 Å². The quantitative estimate of drug-likeness (QED) is 0.547. The molecule has 5 rings (SSSR count). The van der Waals surface area contributed by atoms with E-state index in [1.807, 2.05) is 86.3 Å². The van der Waals surface area contributed by atoms with Crippen molar-refractivity contribution in [3.8, 4) is 17.0 Å². The standard InChI is InChI=1S/C28H33N5O3/c1-28(2,3)36-27(34)33-20-13-14-21(33)17-32(16-20)24-15-23(30-31-26(24)29)22-11-7-8-12-25(22)35-18-19-9-5-4-6-10-19/h4-12,15,20-21H,13-14,16-18H2,1-3H3,(H2,29,31). The van der Waals surface area contributed by atoms with Crippen molar-refractivity contribution >= 4 is 17.6 Å². The van der Waals surface area contributed by atoms with Gasteiger partial charge < -0.3 is 20.1 Å². The maximum atomic E-state index is 12.8. The van der Waals surface area contributed by atoms with Crippen molar-refractivity contribution in [2.45, 2.75) is 57.9 Å². The number of anilines is 2. The van der Waals surface area contributed by atoms with Gasteiger partial charge in [-0.25, -0.2) is 4.79 Å². The Bertz CT molecular complexity index is 1210. The molecule has 8 heteroatoms. The van der Waals surface area contributed by atoms with Crippen LogP contribution in [0.15, 0.2) is 60.7 Å². The second-order valence-corrected chi connectivity index (χ2v) is 10.4. The van der Waals surface area contributed by atoms with Gasteiger partial charge in [0, 0.05) is 18.7 Å². The van der Waals surface area contributed by atoms with E-state index >= 15 is 0 Å². The van der Waals surface area contributed by atoms with Crippen LogP contribution in [0, 0.1) is 0 Å². The van der Waals surface area contributed by atoms with Crippen LogP contribution in [0.1, 0.15) is 39.2 Å². The summed E-state index contributed by atoms with van der Waals surface area (Å²) >= 11 is 0. The van der Waals surface area contributed by atoms with E-state index in [1.54, 1.807) is 0 Å². The van der Waals surface area contributed by atoms with Crippen LogP contribution < -0.4 is 15.4 Å². The van der Waals surface area contributed by atoms with E-state index in [1.165, 1.54) is 0 Å². The minimum atomic E-state index is -0.516. The van der Waals surface area contributed by atoms with E-state index in [2.05, 4.69) is 15.1 Å². The number of aromatic nitrogens is 2. The number of hydrogen-bond acceptors (Lipinski definition) is 7. The third-order valence-corrected chi connectivity index (χ3v) is 6.63. The summed E-state index contributed by atoms with van der Waals surface area (Å²) in [6.07, 6.45) is 1.66. The Morgan fingerprint density at radius 1 is 1.00 bits per heavy atom. The molecule has 2 aliphatic rings. The van der Waals surface area contributed by atoms with Crippen molar-refractivity contribution in [2.24, 2.45) is 0 Å². The van der Waals surface area contributed by atoms with Crippen LogP contribution in [-0.4, -0.2) is 52.0 Å². The molecule has 3 heterocycles. The molecule has 1 aromatic heterocycles. The molecule has 2 atom stereocenters. The fourth-order valence-electron chi connectivity index (χ4n) is 5.03. The summed E-state index contributed by atoms with van der Waals surface area (Å²) in [5.74, 6) is 1.12. The lowest BCUT2D eigenvalue weighted by Crippen LogP contribution is -2.57. The van der Waals surface area contributed by atoms with Crippen LogP contribution in [-0.2, 0) is 11.3 Å². The van der Waals surface area contributed by atoms with Crippen LogP contribution in [0.4, 0.5) is 16.3 Å². The van der Waals surface area contributed by atoms with Gasteiger partial charge in [0.05, 0.1) is 23.5 Å². The summed E-state index contributed by atoms with van der Waals surface area (Å²) in [5, 5.41) is 8.68. The monoisotopic (exact) mass is 487 g/mol. The number of nitrogens with two attached hydrogens (primary N) is 1. The zero-order valence-corrected chi connectivity index (χ0v) is 21.1. The summed E-state index contributed by atoms with van der Waals surface area (Å²) in [7, 11) is 0.